The first-order valence-corrected chi connectivity index (χ1v) is 12.8. The van der Waals surface area contributed by atoms with E-state index in [4.69, 9.17) is 14.4 Å². The molecule has 1 fully saturated rings. The topological polar surface area (TPSA) is 41.2 Å². The number of rotatable bonds is 3. The summed E-state index contributed by atoms with van der Waals surface area (Å²) in [4.78, 5) is 0. The molecule has 0 radical (unpaired) electrons. The summed E-state index contributed by atoms with van der Waals surface area (Å²) in [6.07, 6.45) is 1.98. The molecule has 6 heteroatoms. The van der Waals surface area contributed by atoms with Crippen LogP contribution in [0, 0.1) is 0 Å². The maximum Gasteiger partial charge on any atom is 0.494 e. The molecule has 5 nitrogen and oxygen atoms in total. The Hall–Kier alpha value is -3.87. The van der Waals surface area contributed by atoms with Crippen LogP contribution in [0.25, 0.3) is 44.1 Å². The van der Waals surface area contributed by atoms with Crippen molar-refractivity contribution in [2.75, 3.05) is 0 Å². The Bertz CT molecular complexity index is 1770. The van der Waals surface area contributed by atoms with Crippen LogP contribution in [0.5, 0.6) is 0 Å². The lowest BCUT2D eigenvalue weighted by Gasteiger charge is -2.32. The molecule has 182 valence electrons. The zero-order valence-electron chi connectivity index (χ0n) is 21.5. The summed E-state index contributed by atoms with van der Waals surface area (Å²) in [5.74, 6) is 0. The summed E-state index contributed by atoms with van der Waals surface area (Å²) >= 11 is 0. The molecule has 0 bridgehead atoms. The fourth-order valence-corrected chi connectivity index (χ4v) is 5.36. The van der Waals surface area contributed by atoms with Crippen LogP contribution in [-0.4, -0.2) is 32.7 Å². The van der Waals surface area contributed by atoms with Gasteiger partial charge in [0.15, 0.2) is 0 Å². The number of aromatic nitrogens is 3. The Morgan fingerprint density at radius 1 is 0.622 bits per heavy atom. The van der Waals surface area contributed by atoms with E-state index < -0.39 is 0 Å². The molecule has 0 atom stereocenters. The van der Waals surface area contributed by atoms with Crippen LogP contribution in [-0.2, 0) is 9.31 Å². The number of benzene rings is 4. The number of fused-ring (bicyclic) bond motifs is 5. The smallest absolute Gasteiger partial charge is 0.399 e. The van der Waals surface area contributed by atoms with Crippen molar-refractivity contribution < 1.29 is 9.31 Å². The molecule has 7 rings (SSSR count). The lowest BCUT2D eigenvalue weighted by molar-refractivity contribution is 0.00578. The Balaban J connectivity index is 1.36. The third-order valence-electron chi connectivity index (χ3n) is 8.06. The van der Waals surface area contributed by atoms with Gasteiger partial charge in [0.1, 0.15) is 0 Å². The van der Waals surface area contributed by atoms with Crippen LogP contribution in [0.15, 0.2) is 97.2 Å². The summed E-state index contributed by atoms with van der Waals surface area (Å²) in [5.41, 5.74) is 5.84. The van der Waals surface area contributed by atoms with Crippen molar-refractivity contribution in [2.24, 2.45) is 0 Å². The van der Waals surface area contributed by atoms with Crippen LogP contribution in [0.1, 0.15) is 27.7 Å². The van der Waals surface area contributed by atoms with Crippen molar-refractivity contribution in [3.8, 4) is 11.4 Å². The molecule has 0 spiro atoms. The lowest BCUT2D eigenvalue weighted by atomic mass is 9.79. The highest BCUT2D eigenvalue weighted by atomic mass is 16.7. The molecule has 0 N–H and O–H groups in total. The third-order valence-corrected chi connectivity index (χ3v) is 8.06. The molecule has 0 aliphatic carbocycles. The molecule has 4 aromatic carbocycles. The highest BCUT2D eigenvalue weighted by Crippen LogP contribution is 2.38. The molecule has 1 aliphatic rings. The first-order valence-electron chi connectivity index (χ1n) is 12.8. The second-order valence-electron chi connectivity index (χ2n) is 10.8. The van der Waals surface area contributed by atoms with E-state index in [2.05, 4.69) is 123 Å². The molecule has 0 unspecified atom stereocenters. The zero-order valence-corrected chi connectivity index (χ0v) is 21.5. The van der Waals surface area contributed by atoms with Gasteiger partial charge in [-0.05, 0) is 75.6 Å². The van der Waals surface area contributed by atoms with E-state index in [-0.39, 0.29) is 18.3 Å². The Morgan fingerprint density at radius 3 is 2.03 bits per heavy atom. The van der Waals surface area contributed by atoms with Gasteiger partial charge in [-0.1, -0.05) is 48.5 Å². The molecule has 1 saturated heterocycles. The summed E-state index contributed by atoms with van der Waals surface area (Å²) in [6.45, 7) is 8.30. The van der Waals surface area contributed by atoms with Gasteiger partial charge in [0.25, 0.3) is 0 Å². The summed E-state index contributed by atoms with van der Waals surface area (Å²) in [5, 5.41) is 8.42. The summed E-state index contributed by atoms with van der Waals surface area (Å²) < 4.78 is 16.8. The van der Waals surface area contributed by atoms with E-state index in [0.29, 0.717) is 0 Å². The highest BCUT2D eigenvalue weighted by molar-refractivity contribution is 6.62. The summed E-state index contributed by atoms with van der Waals surface area (Å²) in [6, 6.07) is 31.8. The highest BCUT2D eigenvalue weighted by Gasteiger charge is 2.51. The van der Waals surface area contributed by atoms with E-state index in [1.165, 1.54) is 21.8 Å². The van der Waals surface area contributed by atoms with Crippen molar-refractivity contribution in [2.45, 2.75) is 38.9 Å². The molecule has 1 aliphatic heterocycles. The molecule has 6 aromatic rings. The number of nitrogens with zero attached hydrogens (tertiary/aromatic N) is 3. The average molecular weight is 485 g/mol. The van der Waals surface area contributed by atoms with Crippen LogP contribution in [0.2, 0.25) is 0 Å². The Kier molecular flexibility index (Phi) is 4.72. The molecule has 37 heavy (non-hydrogen) atoms. The normalized spacial score (nSPS) is 16.8. The largest absolute Gasteiger partial charge is 0.494 e. The monoisotopic (exact) mass is 485 g/mol. The molecular formula is C31H28BN3O2. The van der Waals surface area contributed by atoms with Crippen molar-refractivity contribution in [1.29, 1.82) is 0 Å². The van der Waals surface area contributed by atoms with Crippen molar-refractivity contribution >= 4 is 45.3 Å². The van der Waals surface area contributed by atoms with Crippen molar-refractivity contribution in [3.63, 3.8) is 0 Å². The van der Waals surface area contributed by atoms with Gasteiger partial charge in [0.05, 0.1) is 39.6 Å². The van der Waals surface area contributed by atoms with Gasteiger partial charge in [0, 0.05) is 21.8 Å². The van der Waals surface area contributed by atoms with Gasteiger partial charge < -0.3 is 13.9 Å². The van der Waals surface area contributed by atoms with E-state index in [9.17, 15) is 0 Å². The lowest BCUT2D eigenvalue weighted by Crippen LogP contribution is -2.41. The zero-order chi connectivity index (χ0) is 25.4. The fourth-order valence-electron chi connectivity index (χ4n) is 5.36. The molecule has 2 aromatic heterocycles. The van der Waals surface area contributed by atoms with Crippen molar-refractivity contribution in [1.82, 2.24) is 14.3 Å². The first-order chi connectivity index (χ1) is 17.8. The average Bonchev–Trinajstić information content (AvgIpc) is 3.54. The Morgan fingerprint density at radius 2 is 1.30 bits per heavy atom. The van der Waals surface area contributed by atoms with Gasteiger partial charge >= 0.3 is 7.12 Å². The van der Waals surface area contributed by atoms with Gasteiger partial charge in [-0.15, -0.1) is 0 Å². The fraction of sp³-hybridized carbons (Fsp3) is 0.194. The molecular weight excluding hydrogens is 457 g/mol. The molecule has 0 amide bonds. The quantitative estimate of drug-likeness (QED) is 0.272. The SMILES string of the molecule is CC1(C)OB(c2ccc(-n3ncc4c3ccc3c5ccccc5n(-c5ccccc5)c34)cc2)OC1(C)C. The predicted molar refractivity (Wildman–Crippen MR) is 151 cm³/mol. The van der Waals surface area contributed by atoms with E-state index >= 15 is 0 Å². The van der Waals surface area contributed by atoms with E-state index in [1.54, 1.807) is 0 Å². The maximum absolute atomic E-state index is 6.24. The second kappa shape index (κ2) is 7.82. The minimum Gasteiger partial charge on any atom is -0.399 e. The predicted octanol–water partition coefficient (Wildman–Crippen LogP) is 6.42. The number of hydrogen-bond acceptors (Lipinski definition) is 3. The Labute approximate surface area is 216 Å². The van der Waals surface area contributed by atoms with Gasteiger partial charge in [-0.25, -0.2) is 4.68 Å². The summed E-state index contributed by atoms with van der Waals surface area (Å²) in [7, 11) is -0.380. The first kappa shape index (κ1) is 22.3. The van der Waals surface area contributed by atoms with Crippen LogP contribution >= 0.6 is 0 Å². The number of para-hydroxylation sites is 2. The molecule has 3 heterocycles. The minimum absolute atomic E-state index is 0.364. The third kappa shape index (κ3) is 3.29. The minimum atomic E-state index is -0.380. The maximum atomic E-state index is 6.24. The van der Waals surface area contributed by atoms with Crippen LogP contribution < -0.4 is 5.46 Å². The van der Waals surface area contributed by atoms with Crippen LogP contribution in [0.3, 0.4) is 0 Å². The van der Waals surface area contributed by atoms with Gasteiger partial charge in [-0.3, -0.25) is 0 Å². The molecule has 0 saturated carbocycles. The number of hydrogen-bond donors (Lipinski definition) is 0. The second-order valence-corrected chi connectivity index (χ2v) is 10.8. The van der Waals surface area contributed by atoms with Gasteiger partial charge in [0.2, 0.25) is 0 Å². The van der Waals surface area contributed by atoms with Crippen molar-refractivity contribution in [3.05, 3.63) is 97.2 Å². The van der Waals surface area contributed by atoms with E-state index in [1.807, 2.05) is 10.9 Å². The standard InChI is InChI=1S/C31H28BN3O2/c1-30(2)31(3,4)37-32(36-30)21-14-16-23(17-15-21)35-28-19-18-25-24-12-8-9-13-27(24)34(22-10-6-5-7-11-22)29(25)26(28)20-33-35/h5-20H,1-4H3. The van der Waals surface area contributed by atoms with Gasteiger partial charge in [-0.2, -0.15) is 5.10 Å². The van der Waals surface area contributed by atoms with Crippen LogP contribution in [0.4, 0.5) is 0 Å². The van der Waals surface area contributed by atoms with E-state index in [0.717, 1.165) is 27.7 Å².